The second-order valence-electron chi connectivity index (χ2n) is 4.36. The van der Waals surface area contributed by atoms with Crippen LogP contribution in [0.3, 0.4) is 0 Å². The van der Waals surface area contributed by atoms with Crippen molar-refractivity contribution in [1.29, 1.82) is 0 Å². The maximum absolute atomic E-state index is 5.35. The van der Waals surface area contributed by atoms with Crippen LogP contribution in [0.15, 0.2) is 0 Å². The van der Waals surface area contributed by atoms with E-state index in [9.17, 15) is 0 Å². The first-order valence-electron chi connectivity index (χ1n) is 6.49. The molecule has 0 rings (SSSR count). The molecule has 0 heterocycles. The summed E-state index contributed by atoms with van der Waals surface area (Å²) in [6.07, 6.45) is 3.66. The van der Waals surface area contributed by atoms with E-state index in [1.54, 1.807) is 14.2 Å². The molecule has 16 heavy (non-hydrogen) atoms. The average Bonchev–Trinajstić information content (AvgIpc) is 2.30. The summed E-state index contributed by atoms with van der Waals surface area (Å²) in [6, 6.07) is 1.76. The van der Waals surface area contributed by atoms with E-state index < -0.39 is 9.28 Å². The van der Waals surface area contributed by atoms with Gasteiger partial charge in [-0.1, -0.05) is 13.8 Å². The minimum atomic E-state index is -1.36. The Morgan fingerprint density at radius 1 is 1.06 bits per heavy atom. The van der Waals surface area contributed by atoms with Gasteiger partial charge in [-0.25, -0.2) is 0 Å². The highest BCUT2D eigenvalue weighted by molar-refractivity contribution is 6.44. The van der Waals surface area contributed by atoms with Crippen molar-refractivity contribution in [1.82, 2.24) is 4.90 Å². The van der Waals surface area contributed by atoms with Crippen LogP contribution in [0.5, 0.6) is 0 Å². The highest BCUT2D eigenvalue weighted by Crippen LogP contribution is 2.11. The fourth-order valence-corrected chi connectivity index (χ4v) is 3.44. The molecule has 0 fully saturated rings. The molecule has 1 unspecified atom stereocenters. The summed E-state index contributed by atoms with van der Waals surface area (Å²) in [6.45, 7) is 9.24. The number of rotatable bonds is 10. The lowest BCUT2D eigenvalue weighted by Crippen LogP contribution is -2.35. The highest BCUT2D eigenvalue weighted by atomic mass is 28.3. The molecule has 4 heteroatoms. The van der Waals surface area contributed by atoms with E-state index in [0.29, 0.717) is 6.04 Å². The molecule has 0 spiro atoms. The van der Waals surface area contributed by atoms with Gasteiger partial charge in [0.1, 0.15) is 0 Å². The lowest BCUT2D eigenvalue weighted by molar-refractivity contribution is 0.198. The topological polar surface area (TPSA) is 21.7 Å². The van der Waals surface area contributed by atoms with Gasteiger partial charge in [0.2, 0.25) is 0 Å². The molecule has 0 aliphatic carbocycles. The molecule has 0 N–H and O–H groups in total. The van der Waals surface area contributed by atoms with Gasteiger partial charge < -0.3 is 13.8 Å². The van der Waals surface area contributed by atoms with E-state index in [1.165, 1.54) is 32.4 Å². The predicted octanol–water partition coefficient (Wildman–Crippen LogP) is 2.40. The van der Waals surface area contributed by atoms with Crippen LogP contribution in [0.1, 0.15) is 40.0 Å². The van der Waals surface area contributed by atoms with Gasteiger partial charge in [-0.2, -0.15) is 0 Å². The summed E-state index contributed by atoms with van der Waals surface area (Å²) in [7, 11) is 2.17. The third-order valence-corrected chi connectivity index (χ3v) is 4.85. The number of nitrogens with zero attached hydrogens (tertiary/aromatic N) is 1. The lowest BCUT2D eigenvalue weighted by Gasteiger charge is -2.29. The molecule has 0 saturated heterocycles. The molecule has 0 aromatic carbocycles. The van der Waals surface area contributed by atoms with Crippen molar-refractivity contribution in [2.75, 3.05) is 27.3 Å². The Morgan fingerprint density at radius 3 is 1.94 bits per heavy atom. The van der Waals surface area contributed by atoms with Gasteiger partial charge >= 0.3 is 9.28 Å². The third-order valence-electron chi connectivity index (χ3n) is 2.99. The van der Waals surface area contributed by atoms with Gasteiger partial charge in [-0.05, 0) is 45.3 Å². The van der Waals surface area contributed by atoms with E-state index in [1.807, 2.05) is 0 Å². The van der Waals surface area contributed by atoms with E-state index in [2.05, 4.69) is 25.7 Å². The molecule has 0 aromatic rings. The van der Waals surface area contributed by atoms with Crippen molar-refractivity contribution in [3.05, 3.63) is 0 Å². The Hall–Kier alpha value is 0.0969. The summed E-state index contributed by atoms with van der Waals surface area (Å²) in [4.78, 5) is 2.58. The van der Waals surface area contributed by atoms with Crippen LogP contribution in [0.25, 0.3) is 0 Å². The Bertz CT molecular complexity index is 148. The van der Waals surface area contributed by atoms with Gasteiger partial charge in [-0.15, -0.1) is 0 Å². The summed E-state index contributed by atoms with van der Waals surface area (Å²) < 4.78 is 10.7. The fourth-order valence-electron chi connectivity index (χ4n) is 2.02. The minimum absolute atomic E-state index is 0.653. The third kappa shape index (κ3) is 6.63. The Balaban J connectivity index is 3.93. The van der Waals surface area contributed by atoms with Crippen LogP contribution >= 0.6 is 0 Å². The lowest BCUT2D eigenvalue weighted by atomic mass is 10.2. The highest BCUT2D eigenvalue weighted by Gasteiger charge is 2.16. The zero-order chi connectivity index (χ0) is 12.4. The first-order chi connectivity index (χ1) is 7.69. The second-order valence-corrected chi connectivity index (χ2v) is 6.74. The Labute approximate surface area is 103 Å². The van der Waals surface area contributed by atoms with Crippen molar-refractivity contribution in [2.45, 2.75) is 52.1 Å². The summed E-state index contributed by atoms with van der Waals surface area (Å²) >= 11 is 0. The van der Waals surface area contributed by atoms with Gasteiger partial charge in [0.05, 0.1) is 0 Å². The first-order valence-corrected chi connectivity index (χ1v) is 8.25. The van der Waals surface area contributed by atoms with E-state index in [-0.39, 0.29) is 0 Å². The zero-order valence-corrected chi connectivity index (χ0v) is 12.8. The predicted molar refractivity (Wildman–Crippen MR) is 72.2 cm³/mol. The molecule has 98 valence electrons. The van der Waals surface area contributed by atoms with Crippen molar-refractivity contribution in [3.8, 4) is 0 Å². The smallest absolute Gasteiger partial charge is 0.320 e. The van der Waals surface area contributed by atoms with Crippen molar-refractivity contribution < 1.29 is 8.85 Å². The second kappa shape index (κ2) is 10.3. The maximum Gasteiger partial charge on any atom is 0.320 e. The van der Waals surface area contributed by atoms with Crippen LogP contribution in [0.2, 0.25) is 6.04 Å². The summed E-state index contributed by atoms with van der Waals surface area (Å²) in [5.74, 6) is 0. The van der Waals surface area contributed by atoms with Gasteiger partial charge in [-0.3, -0.25) is 0 Å². The van der Waals surface area contributed by atoms with Gasteiger partial charge in [0.25, 0.3) is 0 Å². The monoisotopic (exact) mass is 247 g/mol. The molecule has 0 aliphatic rings. The van der Waals surface area contributed by atoms with Crippen LogP contribution in [0, 0.1) is 0 Å². The SMILES string of the molecule is CCCN(CCC)C(C)CC[SiH](OC)OC. The molecular formula is C12H29NO2Si. The fraction of sp³-hybridized carbons (Fsp3) is 1.00. The van der Waals surface area contributed by atoms with Gasteiger partial charge in [0, 0.05) is 20.3 Å². The van der Waals surface area contributed by atoms with Crippen molar-refractivity contribution in [2.24, 2.45) is 0 Å². The van der Waals surface area contributed by atoms with Crippen LogP contribution in [0.4, 0.5) is 0 Å². The normalized spacial score (nSPS) is 13.7. The maximum atomic E-state index is 5.35. The van der Waals surface area contributed by atoms with Crippen molar-refractivity contribution >= 4 is 9.28 Å². The van der Waals surface area contributed by atoms with Crippen LogP contribution < -0.4 is 0 Å². The molecule has 0 aromatic heterocycles. The molecule has 3 nitrogen and oxygen atoms in total. The van der Waals surface area contributed by atoms with E-state index in [0.717, 1.165) is 6.04 Å². The molecule has 1 atom stereocenters. The molecule has 0 aliphatic heterocycles. The molecule has 0 saturated carbocycles. The van der Waals surface area contributed by atoms with E-state index in [4.69, 9.17) is 8.85 Å². The average molecular weight is 247 g/mol. The molecule has 0 bridgehead atoms. The van der Waals surface area contributed by atoms with Gasteiger partial charge in [0.15, 0.2) is 0 Å². The Kier molecular flexibility index (Phi) is 10.3. The van der Waals surface area contributed by atoms with Crippen LogP contribution in [-0.4, -0.2) is 47.5 Å². The molecular weight excluding hydrogens is 218 g/mol. The minimum Gasteiger partial charge on any atom is -0.400 e. The zero-order valence-electron chi connectivity index (χ0n) is 11.7. The van der Waals surface area contributed by atoms with Crippen molar-refractivity contribution in [3.63, 3.8) is 0 Å². The van der Waals surface area contributed by atoms with E-state index >= 15 is 0 Å². The number of hydrogen-bond donors (Lipinski definition) is 0. The molecule has 0 radical (unpaired) electrons. The summed E-state index contributed by atoms with van der Waals surface area (Å²) in [5.41, 5.74) is 0. The standard InChI is InChI=1S/C12H29NO2Si/c1-6-9-13(10-7-2)12(3)8-11-16(14-4)15-5/h12,16H,6-11H2,1-5H3. The Morgan fingerprint density at radius 2 is 1.56 bits per heavy atom. The first kappa shape index (κ1) is 16.1. The van der Waals surface area contributed by atoms with Crippen LogP contribution in [-0.2, 0) is 8.85 Å². The summed E-state index contributed by atoms with van der Waals surface area (Å²) in [5, 5.41) is 0. The largest absolute Gasteiger partial charge is 0.400 e. The number of hydrogen-bond acceptors (Lipinski definition) is 3. The molecule has 0 amide bonds. The quantitative estimate of drug-likeness (QED) is 0.553.